The first-order valence-electron chi connectivity index (χ1n) is 5.76. The Labute approximate surface area is 96.5 Å². The molecule has 2 rings (SSSR count). The summed E-state index contributed by atoms with van der Waals surface area (Å²) < 4.78 is 0. The smallest absolute Gasteiger partial charge is 0.0991 e. The Morgan fingerprint density at radius 3 is 2.88 bits per heavy atom. The normalized spacial score (nSPS) is 15.1. The SMILES string of the molecule is N#Cc1cccc(CN(CCN)C2CC2)c1. The maximum absolute atomic E-state index is 8.84. The Kier molecular flexibility index (Phi) is 3.55. The molecule has 1 aliphatic rings. The van der Waals surface area contributed by atoms with Crippen LogP contribution in [0.5, 0.6) is 0 Å². The zero-order valence-corrected chi connectivity index (χ0v) is 9.39. The summed E-state index contributed by atoms with van der Waals surface area (Å²) in [5, 5.41) is 8.84. The van der Waals surface area contributed by atoms with E-state index >= 15 is 0 Å². The molecule has 0 atom stereocenters. The van der Waals surface area contributed by atoms with Gasteiger partial charge in [-0.3, -0.25) is 4.90 Å². The predicted molar refractivity (Wildman–Crippen MR) is 63.6 cm³/mol. The van der Waals surface area contributed by atoms with E-state index in [1.807, 2.05) is 18.2 Å². The van der Waals surface area contributed by atoms with Gasteiger partial charge in [0, 0.05) is 25.7 Å². The molecule has 0 saturated heterocycles. The van der Waals surface area contributed by atoms with Crippen LogP contribution in [0.2, 0.25) is 0 Å². The van der Waals surface area contributed by atoms with Crippen LogP contribution >= 0.6 is 0 Å². The van der Waals surface area contributed by atoms with Gasteiger partial charge in [-0.15, -0.1) is 0 Å². The van der Waals surface area contributed by atoms with Crippen LogP contribution in [0.15, 0.2) is 24.3 Å². The third-order valence-electron chi connectivity index (χ3n) is 2.92. The molecule has 2 N–H and O–H groups in total. The fraction of sp³-hybridized carbons (Fsp3) is 0.462. The van der Waals surface area contributed by atoms with Gasteiger partial charge in [0.15, 0.2) is 0 Å². The van der Waals surface area contributed by atoms with Crippen molar-refractivity contribution in [2.45, 2.75) is 25.4 Å². The number of nitrogens with zero attached hydrogens (tertiary/aromatic N) is 2. The molecule has 0 amide bonds. The van der Waals surface area contributed by atoms with Crippen molar-refractivity contribution in [2.24, 2.45) is 5.73 Å². The summed E-state index contributed by atoms with van der Waals surface area (Å²) in [6.45, 7) is 2.56. The second kappa shape index (κ2) is 5.11. The van der Waals surface area contributed by atoms with Crippen LogP contribution in [-0.2, 0) is 6.54 Å². The van der Waals surface area contributed by atoms with Crippen LogP contribution in [0.4, 0.5) is 0 Å². The molecule has 0 radical (unpaired) electrons. The third-order valence-corrected chi connectivity index (χ3v) is 2.92. The molecule has 0 aliphatic heterocycles. The maximum Gasteiger partial charge on any atom is 0.0991 e. The molecule has 0 heterocycles. The molecule has 3 nitrogen and oxygen atoms in total. The highest BCUT2D eigenvalue weighted by atomic mass is 15.2. The molecule has 1 aromatic carbocycles. The van der Waals surface area contributed by atoms with Crippen molar-refractivity contribution in [3.8, 4) is 6.07 Å². The fourth-order valence-electron chi connectivity index (χ4n) is 1.97. The molecule has 0 aromatic heterocycles. The van der Waals surface area contributed by atoms with E-state index in [9.17, 15) is 0 Å². The van der Waals surface area contributed by atoms with Crippen LogP contribution in [0.25, 0.3) is 0 Å². The minimum Gasteiger partial charge on any atom is -0.329 e. The van der Waals surface area contributed by atoms with Crippen LogP contribution in [0.3, 0.4) is 0 Å². The number of benzene rings is 1. The summed E-state index contributed by atoms with van der Waals surface area (Å²) in [7, 11) is 0. The summed E-state index contributed by atoms with van der Waals surface area (Å²) in [5.41, 5.74) is 7.56. The topological polar surface area (TPSA) is 53.0 Å². The molecule has 84 valence electrons. The molecule has 0 bridgehead atoms. The van der Waals surface area contributed by atoms with Gasteiger partial charge in [-0.05, 0) is 30.5 Å². The van der Waals surface area contributed by atoms with Gasteiger partial charge in [-0.2, -0.15) is 5.26 Å². The van der Waals surface area contributed by atoms with E-state index in [1.165, 1.54) is 18.4 Å². The first kappa shape index (κ1) is 11.1. The molecular weight excluding hydrogens is 198 g/mol. The molecule has 1 aromatic rings. The highest BCUT2D eigenvalue weighted by molar-refractivity contribution is 5.32. The summed E-state index contributed by atoms with van der Waals surface area (Å²) in [5.74, 6) is 0. The monoisotopic (exact) mass is 215 g/mol. The molecule has 1 saturated carbocycles. The van der Waals surface area contributed by atoms with Crippen molar-refractivity contribution in [2.75, 3.05) is 13.1 Å². The third kappa shape index (κ3) is 2.82. The number of rotatable bonds is 5. The van der Waals surface area contributed by atoms with Crippen LogP contribution in [-0.4, -0.2) is 24.0 Å². The van der Waals surface area contributed by atoms with Gasteiger partial charge < -0.3 is 5.73 Å². The van der Waals surface area contributed by atoms with Gasteiger partial charge in [-0.25, -0.2) is 0 Å². The Bertz CT molecular complexity index is 390. The van der Waals surface area contributed by atoms with Crippen molar-refractivity contribution < 1.29 is 0 Å². The zero-order valence-electron chi connectivity index (χ0n) is 9.39. The van der Waals surface area contributed by atoms with E-state index in [4.69, 9.17) is 11.0 Å². The highest BCUT2D eigenvalue weighted by Gasteiger charge is 2.28. The van der Waals surface area contributed by atoms with Gasteiger partial charge >= 0.3 is 0 Å². The lowest BCUT2D eigenvalue weighted by Gasteiger charge is -2.21. The maximum atomic E-state index is 8.84. The Hall–Kier alpha value is -1.37. The van der Waals surface area contributed by atoms with E-state index in [0.717, 1.165) is 18.7 Å². The standard InChI is InChI=1S/C13H17N3/c14-6-7-16(13-4-5-13)10-12-3-1-2-11(8-12)9-15/h1-3,8,13H,4-7,10,14H2. The lowest BCUT2D eigenvalue weighted by atomic mass is 10.1. The zero-order chi connectivity index (χ0) is 11.4. The van der Waals surface area contributed by atoms with Crippen molar-refractivity contribution in [3.05, 3.63) is 35.4 Å². The van der Waals surface area contributed by atoms with Crippen LogP contribution in [0.1, 0.15) is 24.0 Å². The van der Waals surface area contributed by atoms with Gasteiger partial charge in [0.05, 0.1) is 11.6 Å². The van der Waals surface area contributed by atoms with Gasteiger partial charge in [0.25, 0.3) is 0 Å². The average Bonchev–Trinajstić information content (AvgIpc) is 3.13. The van der Waals surface area contributed by atoms with Gasteiger partial charge in [0.1, 0.15) is 0 Å². The average molecular weight is 215 g/mol. The molecule has 16 heavy (non-hydrogen) atoms. The first-order chi connectivity index (χ1) is 7.83. The molecular formula is C13H17N3. The lowest BCUT2D eigenvalue weighted by Crippen LogP contribution is -2.31. The second-order valence-electron chi connectivity index (χ2n) is 4.30. The summed E-state index contributed by atoms with van der Waals surface area (Å²) in [6, 6.07) is 10.7. The molecule has 0 unspecified atom stereocenters. The highest BCUT2D eigenvalue weighted by Crippen LogP contribution is 2.27. The Morgan fingerprint density at radius 2 is 2.25 bits per heavy atom. The van der Waals surface area contributed by atoms with E-state index in [1.54, 1.807) is 0 Å². The second-order valence-corrected chi connectivity index (χ2v) is 4.30. The van der Waals surface area contributed by atoms with Crippen molar-refractivity contribution in [1.82, 2.24) is 4.90 Å². The quantitative estimate of drug-likeness (QED) is 0.809. The summed E-state index contributed by atoms with van der Waals surface area (Å²) in [4.78, 5) is 2.41. The van der Waals surface area contributed by atoms with Crippen molar-refractivity contribution in [1.29, 1.82) is 5.26 Å². The van der Waals surface area contributed by atoms with Crippen LogP contribution < -0.4 is 5.73 Å². The largest absolute Gasteiger partial charge is 0.329 e. The molecule has 3 heteroatoms. The minimum atomic E-state index is 0.703. The number of hydrogen-bond donors (Lipinski definition) is 1. The summed E-state index contributed by atoms with van der Waals surface area (Å²) >= 11 is 0. The Balaban J connectivity index is 2.03. The van der Waals surface area contributed by atoms with Gasteiger partial charge in [-0.1, -0.05) is 12.1 Å². The predicted octanol–water partition coefficient (Wildman–Crippen LogP) is 1.48. The molecule has 1 fully saturated rings. The minimum absolute atomic E-state index is 0.703. The lowest BCUT2D eigenvalue weighted by molar-refractivity contribution is 0.262. The molecule has 1 aliphatic carbocycles. The Morgan fingerprint density at radius 1 is 1.44 bits per heavy atom. The van der Waals surface area contributed by atoms with Crippen LogP contribution in [0, 0.1) is 11.3 Å². The van der Waals surface area contributed by atoms with Crippen molar-refractivity contribution >= 4 is 0 Å². The van der Waals surface area contributed by atoms with E-state index in [0.29, 0.717) is 12.6 Å². The fourth-order valence-corrected chi connectivity index (χ4v) is 1.97. The molecule has 0 spiro atoms. The number of nitrogens with two attached hydrogens (primary N) is 1. The first-order valence-corrected chi connectivity index (χ1v) is 5.76. The number of hydrogen-bond acceptors (Lipinski definition) is 3. The van der Waals surface area contributed by atoms with Crippen molar-refractivity contribution in [3.63, 3.8) is 0 Å². The van der Waals surface area contributed by atoms with E-state index in [-0.39, 0.29) is 0 Å². The van der Waals surface area contributed by atoms with E-state index in [2.05, 4.69) is 17.0 Å². The summed E-state index contributed by atoms with van der Waals surface area (Å²) in [6.07, 6.45) is 2.58. The van der Waals surface area contributed by atoms with Gasteiger partial charge in [0.2, 0.25) is 0 Å². The number of nitriles is 1. The van der Waals surface area contributed by atoms with E-state index < -0.39 is 0 Å².